The molecule has 0 aliphatic carbocycles. The molecule has 1 aromatic carbocycles. The highest BCUT2D eigenvalue weighted by Crippen LogP contribution is 2.13. The van der Waals surface area contributed by atoms with Gasteiger partial charge in [-0.05, 0) is 45.4 Å². The summed E-state index contributed by atoms with van der Waals surface area (Å²) in [6, 6.07) is 10.0. The number of rotatable bonds is 2. The van der Waals surface area contributed by atoms with Gasteiger partial charge in [0.1, 0.15) is 0 Å². The molecule has 0 atom stereocenters. The quantitative estimate of drug-likeness (QED) is 0.617. The number of aliphatic imine (C=N–C) groups is 1. The van der Waals surface area contributed by atoms with Crippen molar-refractivity contribution in [3.63, 3.8) is 0 Å². The summed E-state index contributed by atoms with van der Waals surface area (Å²) >= 11 is 0. The van der Waals surface area contributed by atoms with Crippen molar-refractivity contribution in [2.24, 2.45) is 4.99 Å². The molecule has 0 N–H and O–H groups in total. The van der Waals surface area contributed by atoms with Crippen molar-refractivity contribution in [2.75, 3.05) is 0 Å². The first-order valence-corrected chi connectivity index (χ1v) is 4.86. The number of benzene rings is 1. The second kappa shape index (κ2) is 4.75. The summed E-state index contributed by atoms with van der Waals surface area (Å²) in [4.78, 5) is 4.54. The molecule has 0 spiro atoms. The summed E-state index contributed by atoms with van der Waals surface area (Å²) in [6.07, 6.45) is 0. The van der Waals surface area contributed by atoms with Gasteiger partial charge in [-0.3, -0.25) is 4.99 Å². The molecule has 0 aromatic heterocycles. The van der Waals surface area contributed by atoms with Gasteiger partial charge in [-0.15, -0.1) is 0 Å². The summed E-state index contributed by atoms with van der Waals surface area (Å²) in [6.45, 7) is 8.38. The van der Waals surface area contributed by atoms with Gasteiger partial charge in [-0.25, -0.2) is 0 Å². The Labute approximate surface area is 86.2 Å². The fourth-order valence-corrected chi connectivity index (χ4v) is 1.14. The Balaban J connectivity index is 2.96. The Hall–Kier alpha value is -1.37. The Morgan fingerprint density at radius 2 is 1.50 bits per heavy atom. The third-order valence-corrected chi connectivity index (χ3v) is 2.35. The van der Waals surface area contributed by atoms with Crippen molar-refractivity contribution in [1.29, 1.82) is 0 Å². The number of hydrogen-bond acceptors (Lipinski definition) is 1. The van der Waals surface area contributed by atoms with Crippen LogP contribution in [0.5, 0.6) is 0 Å². The molecule has 0 aliphatic rings. The first-order valence-electron chi connectivity index (χ1n) is 4.86. The van der Waals surface area contributed by atoms with Crippen molar-refractivity contribution in [1.82, 2.24) is 0 Å². The average Bonchev–Trinajstić information content (AvgIpc) is 2.18. The standard InChI is InChI=1S/C13H17N/c1-10(2)11(3)12(4)14-13-8-6-5-7-9-13/h5-9H,1-4H3. The summed E-state index contributed by atoms with van der Waals surface area (Å²) < 4.78 is 0. The van der Waals surface area contributed by atoms with Crippen LogP contribution in [-0.4, -0.2) is 5.71 Å². The number of allylic oxidation sites excluding steroid dienone is 2. The lowest BCUT2D eigenvalue weighted by Gasteiger charge is -2.03. The maximum Gasteiger partial charge on any atom is 0.0632 e. The molecule has 0 saturated heterocycles. The Morgan fingerprint density at radius 3 is 2.00 bits per heavy atom. The van der Waals surface area contributed by atoms with Crippen LogP contribution in [0, 0.1) is 0 Å². The lowest BCUT2D eigenvalue weighted by Crippen LogP contribution is -1.94. The molecule has 0 fully saturated rings. The van der Waals surface area contributed by atoms with Crippen molar-refractivity contribution in [3.05, 3.63) is 41.5 Å². The molecule has 0 saturated carbocycles. The van der Waals surface area contributed by atoms with E-state index in [0.29, 0.717) is 0 Å². The molecule has 1 nitrogen and oxygen atoms in total. The molecule has 0 bridgehead atoms. The zero-order valence-electron chi connectivity index (χ0n) is 9.33. The van der Waals surface area contributed by atoms with Crippen LogP contribution in [0.15, 0.2) is 46.5 Å². The van der Waals surface area contributed by atoms with Gasteiger partial charge in [0, 0.05) is 5.71 Å². The van der Waals surface area contributed by atoms with Crippen LogP contribution in [-0.2, 0) is 0 Å². The first-order chi connectivity index (χ1) is 6.61. The van der Waals surface area contributed by atoms with E-state index in [-0.39, 0.29) is 0 Å². The maximum atomic E-state index is 4.54. The van der Waals surface area contributed by atoms with Crippen molar-refractivity contribution < 1.29 is 0 Å². The molecule has 0 radical (unpaired) electrons. The van der Waals surface area contributed by atoms with Gasteiger partial charge < -0.3 is 0 Å². The fraction of sp³-hybridized carbons (Fsp3) is 0.308. The second-order valence-electron chi connectivity index (χ2n) is 3.66. The predicted octanol–water partition coefficient (Wildman–Crippen LogP) is 4.14. The highest BCUT2D eigenvalue weighted by Gasteiger charge is 1.96. The topological polar surface area (TPSA) is 12.4 Å². The van der Waals surface area contributed by atoms with Gasteiger partial charge in [0.15, 0.2) is 0 Å². The van der Waals surface area contributed by atoms with Crippen molar-refractivity contribution in [3.8, 4) is 0 Å². The SMILES string of the molecule is CC(=Nc1ccccc1)C(C)=C(C)C. The van der Waals surface area contributed by atoms with E-state index >= 15 is 0 Å². The van der Waals surface area contributed by atoms with E-state index in [1.807, 2.05) is 30.3 Å². The smallest absolute Gasteiger partial charge is 0.0632 e. The summed E-state index contributed by atoms with van der Waals surface area (Å²) in [5, 5.41) is 0. The normalized spacial score (nSPS) is 11.3. The van der Waals surface area contributed by atoms with Gasteiger partial charge in [-0.1, -0.05) is 23.8 Å². The van der Waals surface area contributed by atoms with E-state index in [9.17, 15) is 0 Å². The third-order valence-electron chi connectivity index (χ3n) is 2.35. The lowest BCUT2D eigenvalue weighted by atomic mass is 10.1. The predicted molar refractivity (Wildman–Crippen MR) is 63.3 cm³/mol. The highest BCUT2D eigenvalue weighted by atomic mass is 14.7. The molecule has 1 rings (SSSR count). The molecule has 0 aliphatic heterocycles. The lowest BCUT2D eigenvalue weighted by molar-refractivity contribution is 1.30. The minimum absolute atomic E-state index is 1.02. The van der Waals surface area contributed by atoms with Gasteiger partial charge in [0.25, 0.3) is 0 Å². The van der Waals surface area contributed by atoms with E-state index in [1.54, 1.807) is 0 Å². The minimum Gasteiger partial charge on any atom is -0.253 e. The van der Waals surface area contributed by atoms with Crippen LogP contribution in [0.1, 0.15) is 27.7 Å². The van der Waals surface area contributed by atoms with E-state index in [4.69, 9.17) is 0 Å². The molecule has 0 amide bonds. The molecule has 1 aromatic rings. The Kier molecular flexibility index (Phi) is 3.63. The molecule has 74 valence electrons. The van der Waals surface area contributed by atoms with Crippen LogP contribution in [0.25, 0.3) is 0 Å². The summed E-state index contributed by atoms with van der Waals surface area (Å²) in [5.41, 5.74) is 4.71. The zero-order chi connectivity index (χ0) is 10.6. The van der Waals surface area contributed by atoms with Gasteiger partial charge in [-0.2, -0.15) is 0 Å². The number of hydrogen-bond donors (Lipinski definition) is 0. The van der Waals surface area contributed by atoms with Crippen LogP contribution in [0.4, 0.5) is 5.69 Å². The largest absolute Gasteiger partial charge is 0.253 e. The highest BCUT2D eigenvalue weighted by molar-refractivity contribution is 5.99. The molecule has 0 heterocycles. The van der Waals surface area contributed by atoms with Crippen molar-refractivity contribution in [2.45, 2.75) is 27.7 Å². The maximum absolute atomic E-state index is 4.54. The Bertz CT molecular complexity index is 354. The average molecular weight is 187 g/mol. The first kappa shape index (κ1) is 10.7. The van der Waals surface area contributed by atoms with E-state index in [1.165, 1.54) is 11.1 Å². The molecule has 0 unspecified atom stereocenters. The summed E-state index contributed by atoms with van der Waals surface area (Å²) in [5.74, 6) is 0. The van der Waals surface area contributed by atoms with Crippen LogP contribution in [0.2, 0.25) is 0 Å². The van der Waals surface area contributed by atoms with E-state index < -0.39 is 0 Å². The van der Waals surface area contributed by atoms with Crippen molar-refractivity contribution >= 4 is 11.4 Å². The molecule has 14 heavy (non-hydrogen) atoms. The van der Waals surface area contributed by atoms with Gasteiger partial charge in [0.2, 0.25) is 0 Å². The van der Waals surface area contributed by atoms with E-state index in [0.717, 1.165) is 11.4 Å². The number of nitrogens with zero attached hydrogens (tertiary/aromatic N) is 1. The molecule has 1 heteroatoms. The van der Waals surface area contributed by atoms with Crippen LogP contribution >= 0.6 is 0 Å². The summed E-state index contributed by atoms with van der Waals surface area (Å²) in [7, 11) is 0. The van der Waals surface area contributed by atoms with Gasteiger partial charge >= 0.3 is 0 Å². The molecular formula is C13H17N. The monoisotopic (exact) mass is 187 g/mol. The molecular weight excluding hydrogens is 170 g/mol. The fourth-order valence-electron chi connectivity index (χ4n) is 1.14. The third kappa shape index (κ3) is 2.84. The van der Waals surface area contributed by atoms with Crippen LogP contribution < -0.4 is 0 Å². The Morgan fingerprint density at radius 1 is 0.929 bits per heavy atom. The van der Waals surface area contributed by atoms with Gasteiger partial charge in [0.05, 0.1) is 5.69 Å². The minimum atomic E-state index is 1.02. The second-order valence-corrected chi connectivity index (χ2v) is 3.66. The number of para-hydroxylation sites is 1. The van der Waals surface area contributed by atoms with E-state index in [2.05, 4.69) is 32.7 Å². The zero-order valence-corrected chi connectivity index (χ0v) is 9.33. The van der Waals surface area contributed by atoms with Crippen LogP contribution in [0.3, 0.4) is 0 Å².